The Bertz CT molecular complexity index is 1190. The standard InChI is InChI=1S/C26H28ClNO5/c1-14-10-16(6-8-18(14)27)32-13-17-7-9-21(33-17)24-22(25(30)31-5)15(2)28-19-11-26(3,4)12-20(29)23(19)24/h6-10,24,28H,11-13H2,1-5H3/t24-/m0/s1. The van der Waals surface area contributed by atoms with E-state index in [1.54, 1.807) is 18.2 Å². The second-order valence-corrected chi connectivity index (χ2v) is 9.83. The van der Waals surface area contributed by atoms with Gasteiger partial charge in [0.25, 0.3) is 0 Å². The molecule has 0 spiro atoms. The van der Waals surface area contributed by atoms with Crippen molar-refractivity contribution in [2.24, 2.45) is 5.41 Å². The summed E-state index contributed by atoms with van der Waals surface area (Å²) in [5, 5.41) is 3.97. The van der Waals surface area contributed by atoms with Crippen LogP contribution in [0, 0.1) is 12.3 Å². The van der Waals surface area contributed by atoms with Crippen LogP contribution >= 0.6 is 11.6 Å². The first kappa shape index (κ1) is 23.2. The Balaban J connectivity index is 1.67. The number of allylic oxidation sites excluding steroid dienone is 3. The Labute approximate surface area is 198 Å². The third-order valence-corrected chi connectivity index (χ3v) is 6.55. The third kappa shape index (κ3) is 4.58. The molecule has 1 aliphatic carbocycles. The normalized spacial score (nSPS) is 19.8. The molecule has 7 heteroatoms. The smallest absolute Gasteiger partial charge is 0.336 e. The van der Waals surface area contributed by atoms with E-state index in [0.29, 0.717) is 52.0 Å². The first-order valence-electron chi connectivity index (χ1n) is 10.9. The lowest BCUT2D eigenvalue weighted by atomic mass is 9.69. The number of esters is 1. The van der Waals surface area contributed by atoms with Crippen molar-refractivity contribution in [3.8, 4) is 5.75 Å². The summed E-state index contributed by atoms with van der Waals surface area (Å²) in [5.74, 6) is 0.686. The van der Waals surface area contributed by atoms with E-state index in [-0.39, 0.29) is 17.8 Å². The van der Waals surface area contributed by atoms with Gasteiger partial charge in [-0.15, -0.1) is 0 Å². The molecule has 0 fully saturated rings. The molecule has 0 radical (unpaired) electrons. The summed E-state index contributed by atoms with van der Waals surface area (Å²) in [5.41, 5.74) is 3.25. The fourth-order valence-corrected chi connectivity index (χ4v) is 4.71. The van der Waals surface area contributed by atoms with Gasteiger partial charge in [-0.2, -0.15) is 0 Å². The number of halogens is 1. The molecule has 0 bridgehead atoms. The average molecular weight is 470 g/mol. The molecule has 33 heavy (non-hydrogen) atoms. The Morgan fingerprint density at radius 3 is 2.67 bits per heavy atom. The SMILES string of the molecule is COC(=O)C1=C(C)NC2=C(C(=O)CC(C)(C)C2)[C@H]1c1ccc(COc2ccc(Cl)c(C)c2)o1. The van der Waals surface area contributed by atoms with Crippen LogP contribution in [0.25, 0.3) is 0 Å². The zero-order valence-corrected chi connectivity index (χ0v) is 20.3. The minimum absolute atomic E-state index is 0.0125. The predicted molar refractivity (Wildman–Crippen MR) is 125 cm³/mol. The van der Waals surface area contributed by atoms with Crippen LogP contribution < -0.4 is 10.1 Å². The number of carbonyl (C=O) groups is 2. The van der Waals surface area contributed by atoms with Gasteiger partial charge in [0.15, 0.2) is 5.78 Å². The Morgan fingerprint density at radius 2 is 1.97 bits per heavy atom. The molecule has 2 aliphatic rings. The van der Waals surface area contributed by atoms with Gasteiger partial charge in [-0.1, -0.05) is 25.4 Å². The number of methoxy groups -OCH3 is 1. The van der Waals surface area contributed by atoms with Crippen LogP contribution in [0.1, 0.15) is 56.6 Å². The Kier molecular flexibility index (Phi) is 6.14. The number of hydrogen-bond donors (Lipinski definition) is 1. The number of furan rings is 1. The van der Waals surface area contributed by atoms with Gasteiger partial charge >= 0.3 is 5.97 Å². The maximum absolute atomic E-state index is 13.2. The van der Waals surface area contributed by atoms with Gasteiger partial charge in [-0.25, -0.2) is 4.79 Å². The van der Waals surface area contributed by atoms with Crippen molar-refractivity contribution in [2.45, 2.75) is 53.1 Å². The average Bonchev–Trinajstić information content (AvgIpc) is 3.21. The highest BCUT2D eigenvalue weighted by Crippen LogP contribution is 2.47. The third-order valence-electron chi connectivity index (χ3n) is 6.12. The summed E-state index contributed by atoms with van der Waals surface area (Å²) in [6, 6.07) is 9.06. The van der Waals surface area contributed by atoms with E-state index in [4.69, 9.17) is 25.5 Å². The van der Waals surface area contributed by atoms with Gasteiger partial charge in [0.1, 0.15) is 23.9 Å². The van der Waals surface area contributed by atoms with Gasteiger partial charge < -0.3 is 19.2 Å². The number of hydrogen-bond acceptors (Lipinski definition) is 6. The van der Waals surface area contributed by atoms with Crippen LogP contribution in [0.4, 0.5) is 0 Å². The number of Topliss-reactive ketones (excluding diaryl/α,β-unsaturated/α-hetero) is 1. The lowest BCUT2D eigenvalue weighted by molar-refractivity contribution is -0.136. The maximum atomic E-state index is 13.2. The zero-order chi connectivity index (χ0) is 23.9. The van der Waals surface area contributed by atoms with Crippen LogP contribution in [0.15, 0.2) is 57.3 Å². The van der Waals surface area contributed by atoms with E-state index >= 15 is 0 Å². The number of dihydropyridines is 1. The van der Waals surface area contributed by atoms with Crippen LogP contribution in [0.2, 0.25) is 5.02 Å². The zero-order valence-electron chi connectivity index (χ0n) is 19.5. The summed E-state index contributed by atoms with van der Waals surface area (Å²) in [6.07, 6.45) is 1.12. The van der Waals surface area contributed by atoms with E-state index in [9.17, 15) is 9.59 Å². The van der Waals surface area contributed by atoms with E-state index < -0.39 is 11.9 Å². The highest BCUT2D eigenvalue weighted by molar-refractivity contribution is 6.31. The summed E-state index contributed by atoms with van der Waals surface area (Å²) < 4.78 is 17.0. The minimum Gasteiger partial charge on any atom is -0.486 e. The fraction of sp³-hybridized carbons (Fsp3) is 0.385. The van der Waals surface area contributed by atoms with Crippen LogP contribution in [-0.2, 0) is 20.9 Å². The van der Waals surface area contributed by atoms with Crippen molar-refractivity contribution in [1.82, 2.24) is 5.32 Å². The van der Waals surface area contributed by atoms with Crippen molar-refractivity contribution in [3.05, 3.63) is 75.0 Å². The van der Waals surface area contributed by atoms with Crippen molar-refractivity contribution in [1.29, 1.82) is 0 Å². The number of benzene rings is 1. The lowest BCUT2D eigenvalue weighted by Gasteiger charge is -2.38. The Morgan fingerprint density at radius 1 is 1.21 bits per heavy atom. The fourth-order valence-electron chi connectivity index (χ4n) is 4.59. The van der Waals surface area contributed by atoms with Gasteiger partial charge in [0.2, 0.25) is 0 Å². The first-order valence-corrected chi connectivity index (χ1v) is 11.3. The van der Waals surface area contributed by atoms with E-state index in [1.165, 1.54) is 7.11 Å². The van der Waals surface area contributed by atoms with Crippen molar-refractivity contribution < 1.29 is 23.5 Å². The van der Waals surface area contributed by atoms with E-state index in [2.05, 4.69) is 19.2 Å². The Hall–Kier alpha value is -2.99. The molecular formula is C26H28ClNO5. The summed E-state index contributed by atoms with van der Waals surface area (Å²) in [7, 11) is 1.34. The highest BCUT2D eigenvalue weighted by atomic mass is 35.5. The molecule has 2 aromatic rings. The number of nitrogens with one attached hydrogen (secondary N) is 1. The molecule has 0 saturated heterocycles. The van der Waals surface area contributed by atoms with Gasteiger partial charge in [-0.05, 0) is 61.6 Å². The van der Waals surface area contributed by atoms with Crippen LogP contribution in [0.5, 0.6) is 5.75 Å². The second kappa shape index (κ2) is 8.75. The van der Waals surface area contributed by atoms with Crippen LogP contribution in [0.3, 0.4) is 0 Å². The van der Waals surface area contributed by atoms with Crippen LogP contribution in [-0.4, -0.2) is 18.9 Å². The molecular weight excluding hydrogens is 442 g/mol. The topological polar surface area (TPSA) is 77.8 Å². The lowest BCUT2D eigenvalue weighted by Crippen LogP contribution is -2.38. The molecule has 4 rings (SSSR count). The molecule has 0 saturated carbocycles. The molecule has 6 nitrogen and oxygen atoms in total. The molecule has 1 aliphatic heterocycles. The number of aryl methyl sites for hydroxylation is 1. The van der Waals surface area contributed by atoms with Crippen molar-refractivity contribution in [3.63, 3.8) is 0 Å². The summed E-state index contributed by atoms with van der Waals surface area (Å²) in [6.45, 7) is 8.08. The molecule has 0 unspecified atom stereocenters. The maximum Gasteiger partial charge on any atom is 0.336 e. The largest absolute Gasteiger partial charge is 0.486 e. The molecule has 174 valence electrons. The van der Waals surface area contributed by atoms with Gasteiger partial charge in [-0.3, -0.25) is 4.79 Å². The predicted octanol–water partition coefficient (Wildman–Crippen LogP) is 5.60. The van der Waals surface area contributed by atoms with E-state index in [0.717, 1.165) is 11.3 Å². The van der Waals surface area contributed by atoms with Gasteiger partial charge in [0, 0.05) is 28.4 Å². The van der Waals surface area contributed by atoms with Crippen molar-refractivity contribution >= 4 is 23.4 Å². The summed E-state index contributed by atoms with van der Waals surface area (Å²) >= 11 is 6.08. The number of carbonyl (C=O) groups excluding carboxylic acids is 2. The minimum atomic E-state index is -0.621. The molecule has 0 amide bonds. The molecule has 1 atom stereocenters. The van der Waals surface area contributed by atoms with E-state index in [1.807, 2.05) is 26.0 Å². The molecule has 1 aromatic carbocycles. The second-order valence-electron chi connectivity index (χ2n) is 9.43. The number of rotatable bonds is 5. The van der Waals surface area contributed by atoms with Gasteiger partial charge in [0.05, 0.1) is 18.6 Å². The molecule has 1 aromatic heterocycles. The first-order chi connectivity index (χ1) is 15.6. The van der Waals surface area contributed by atoms with Crippen molar-refractivity contribution in [2.75, 3.05) is 7.11 Å². The monoisotopic (exact) mass is 469 g/mol. The molecule has 1 N–H and O–H groups in total. The highest BCUT2D eigenvalue weighted by Gasteiger charge is 2.44. The molecule has 2 heterocycles. The number of ether oxygens (including phenoxy) is 2. The summed E-state index contributed by atoms with van der Waals surface area (Å²) in [4.78, 5) is 25.9. The number of ketones is 1. The quantitative estimate of drug-likeness (QED) is 0.574.